The maximum Gasteiger partial charge on any atom is 0.271 e. The number of aryl methyl sites for hydroxylation is 2. The Bertz CT molecular complexity index is 898. The van der Waals surface area contributed by atoms with E-state index in [0.29, 0.717) is 37.2 Å². The largest absolute Gasteiger partial charge is 0.377 e. The Morgan fingerprint density at radius 3 is 3.00 bits per heavy atom. The summed E-state index contributed by atoms with van der Waals surface area (Å²) in [5.74, 6) is 0.865. The second kappa shape index (κ2) is 5.76. The minimum Gasteiger partial charge on any atom is -0.377 e. The van der Waals surface area contributed by atoms with Crippen molar-refractivity contribution in [3.63, 3.8) is 0 Å². The van der Waals surface area contributed by atoms with E-state index in [1.807, 2.05) is 31.2 Å². The van der Waals surface area contributed by atoms with E-state index >= 15 is 0 Å². The van der Waals surface area contributed by atoms with Crippen molar-refractivity contribution < 1.29 is 14.1 Å². The number of hydrogen-bond acceptors (Lipinski definition) is 5. The molecule has 1 aliphatic rings. The lowest BCUT2D eigenvalue weighted by atomic mass is 10.2. The Morgan fingerprint density at radius 1 is 1.33 bits per heavy atom. The number of aromatic amines is 1. The summed E-state index contributed by atoms with van der Waals surface area (Å²) in [5, 5.41) is 4.83. The van der Waals surface area contributed by atoms with E-state index in [2.05, 4.69) is 15.1 Å². The number of benzene rings is 1. The maximum atomic E-state index is 13.0. The van der Waals surface area contributed by atoms with E-state index in [0.717, 1.165) is 16.5 Å². The summed E-state index contributed by atoms with van der Waals surface area (Å²) >= 11 is 0. The third-order valence-corrected chi connectivity index (χ3v) is 4.23. The Kier molecular flexibility index (Phi) is 3.57. The number of aromatic nitrogens is 3. The van der Waals surface area contributed by atoms with Crippen LogP contribution in [0, 0.1) is 13.8 Å². The fourth-order valence-electron chi connectivity index (χ4n) is 3.01. The van der Waals surface area contributed by atoms with Gasteiger partial charge in [-0.05, 0) is 31.5 Å². The molecule has 0 aliphatic carbocycles. The minimum absolute atomic E-state index is 0.0898. The molecule has 3 aromatic rings. The van der Waals surface area contributed by atoms with Crippen LogP contribution in [0.5, 0.6) is 0 Å². The molecule has 0 saturated carbocycles. The fraction of sp³-hybridized carbons (Fsp3) is 0.353. The molecular formula is C17H18N4O3. The number of carbonyl (C=O) groups excluding carboxylic acids is 1. The molecule has 1 amide bonds. The van der Waals surface area contributed by atoms with Crippen molar-refractivity contribution in [1.29, 1.82) is 0 Å². The fourth-order valence-corrected chi connectivity index (χ4v) is 3.01. The third kappa shape index (κ3) is 2.56. The van der Waals surface area contributed by atoms with Gasteiger partial charge in [-0.15, -0.1) is 0 Å². The van der Waals surface area contributed by atoms with Gasteiger partial charge in [-0.25, -0.2) is 0 Å². The number of nitrogens with zero attached hydrogens (tertiary/aromatic N) is 3. The first-order valence-electron chi connectivity index (χ1n) is 7.90. The topological polar surface area (TPSA) is 84.2 Å². The second-order valence-corrected chi connectivity index (χ2v) is 6.04. The van der Waals surface area contributed by atoms with E-state index < -0.39 is 0 Å². The molecule has 2 aromatic heterocycles. The molecule has 24 heavy (non-hydrogen) atoms. The first-order valence-corrected chi connectivity index (χ1v) is 7.90. The Morgan fingerprint density at radius 2 is 2.21 bits per heavy atom. The quantitative estimate of drug-likeness (QED) is 0.781. The average molecular weight is 326 g/mol. The monoisotopic (exact) mass is 326 g/mol. The van der Waals surface area contributed by atoms with Gasteiger partial charge in [0.2, 0.25) is 0 Å². The number of fused-ring (bicyclic) bond motifs is 1. The molecule has 3 heterocycles. The molecule has 1 fully saturated rings. The summed E-state index contributed by atoms with van der Waals surface area (Å²) in [6, 6.07) is 7.59. The first kappa shape index (κ1) is 14.9. The van der Waals surface area contributed by atoms with Crippen molar-refractivity contribution in [3.8, 4) is 0 Å². The Balaban J connectivity index is 1.67. The van der Waals surface area contributed by atoms with Crippen LogP contribution in [-0.2, 0) is 4.74 Å². The van der Waals surface area contributed by atoms with Gasteiger partial charge in [0, 0.05) is 17.4 Å². The average Bonchev–Trinajstić information content (AvgIpc) is 3.20. The second-order valence-electron chi connectivity index (χ2n) is 6.04. The lowest BCUT2D eigenvalue weighted by molar-refractivity contribution is -0.0121. The van der Waals surface area contributed by atoms with Crippen LogP contribution >= 0.6 is 0 Å². The van der Waals surface area contributed by atoms with Gasteiger partial charge in [-0.3, -0.25) is 4.79 Å². The highest BCUT2D eigenvalue weighted by Gasteiger charge is 2.33. The van der Waals surface area contributed by atoms with Crippen LogP contribution in [0.3, 0.4) is 0 Å². The Hall–Kier alpha value is -2.67. The van der Waals surface area contributed by atoms with Crippen LogP contribution in [0.25, 0.3) is 10.9 Å². The smallest absolute Gasteiger partial charge is 0.271 e. The van der Waals surface area contributed by atoms with Crippen molar-refractivity contribution in [2.24, 2.45) is 0 Å². The molecule has 0 spiro atoms. The number of morpholine rings is 1. The number of hydrogen-bond donors (Lipinski definition) is 1. The highest BCUT2D eigenvalue weighted by molar-refractivity contribution is 5.98. The van der Waals surface area contributed by atoms with Gasteiger partial charge < -0.3 is 19.1 Å². The van der Waals surface area contributed by atoms with Gasteiger partial charge in [0.1, 0.15) is 11.7 Å². The lowest BCUT2D eigenvalue weighted by Crippen LogP contribution is -2.43. The number of carbonyl (C=O) groups is 1. The van der Waals surface area contributed by atoms with Gasteiger partial charge in [-0.1, -0.05) is 17.3 Å². The van der Waals surface area contributed by atoms with Crippen LogP contribution in [0.1, 0.15) is 33.8 Å². The number of amides is 1. The van der Waals surface area contributed by atoms with E-state index in [9.17, 15) is 4.79 Å². The van der Waals surface area contributed by atoms with Gasteiger partial charge in [0.25, 0.3) is 11.8 Å². The van der Waals surface area contributed by atoms with Crippen LogP contribution in [0.4, 0.5) is 0 Å². The standard InChI is InChI=1S/C17H18N4O3/c1-10-3-4-12-8-14(19-13(12)7-10)17(22)21-5-6-23-9-15(21)16-18-11(2)20-24-16/h3-4,7-8,15,19H,5-6,9H2,1-2H3. The SMILES string of the molecule is Cc1ccc2cc(C(=O)N3CCOCC3c3nc(C)no3)[nH]c2c1. The molecule has 7 heteroatoms. The number of H-pyrrole nitrogens is 1. The molecule has 1 aliphatic heterocycles. The van der Waals surface area contributed by atoms with Crippen molar-refractivity contribution in [2.45, 2.75) is 19.9 Å². The summed E-state index contributed by atoms with van der Waals surface area (Å²) in [6.07, 6.45) is 0. The number of rotatable bonds is 2. The normalized spacial score (nSPS) is 18.2. The van der Waals surface area contributed by atoms with Crippen LogP contribution < -0.4 is 0 Å². The lowest BCUT2D eigenvalue weighted by Gasteiger charge is -2.32. The zero-order valence-electron chi connectivity index (χ0n) is 13.6. The van der Waals surface area contributed by atoms with Crippen molar-refractivity contribution in [1.82, 2.24) is 20.0 Å². The van der Waals surface area contributed by atoms with Crippen LogP contribution in [-0.4, -0.2) is 45.7 Å². The van der Waals surface area contributed by atoms with Gasteiger partial charge in [0.05, 0.1) is 13.2 Å². The summed E-state index contributed by atoms with van der Waals surface area (Å²) in [5.41, 5.74) is 2.66. The minimum atomic E-state index is -0.361. The third-order valence-electron chi connectivity index (χ3n) is 4.23. The molecule has 0 bridgehead atoms. The van der Waals surface area contributed by atoms with Crippen molar-refractivity contribution in [2.75, 3.05) is 19.8 Å². The molecular weight excluding hydrogens is 308 g/mol. The summed E-state index contributed by atoms with van der Waals surface area (Å²) in [7, 11) is 0. The summed E-state index contributed by atoms with van der Waals surface area (Å²) in [6.45, 7) is 5.11. The molecule has 124 valence electrons. The highest BCUT2D eigenvalue weighted by atomic mass is 16.5. The summed E-state index contributed by atoms with van der Waals surface area (Å²) < 4.78 is 10.8. The van der Waals surface area contributed by atoms with E-state index in [-0.39, 0.29) is 11.9 Å². The maximum absolute atomic E-state index is 13.0. The highest BCUT2D eigenvalue weighted by Crippen LogP contribution is 2.26. The molecule has 1 unspecified atom stereocenters. The van der Waals surface area contributed by atoms with E-state index in [1.54, 1.807) is 11.8 Å². The van der Waals surface area contributed by atoms with Crippen molar-refractivity contribution >= 4 is 16.8 Å². The predicted molar refractivity (Wildman–Crippen MR) is 86.7 cm³/mol. The number of nitrogens with one attached hydrogen (secondary N) is 1. The van der Waals surface area contributed by atoms with Gasteiger partial charge in [-0.2, -0.15) is 4.98 Å². The zero-order chi connectivity index (χ0) is 16.7. The van der Waals surface area contributed by atoms with E-state index in [1.165, 1.54) is 0 Å². The Labute approximate surface area is 138 Å². The van der Waals surface area contributed by atoms with Crippen LogP contribution in [0.15, 0.2) is 28.8 Å². The molecule has 4 rings (SSSR count). The molecule has 1 atom stereocenters. The van der Waals surface area contributed by atoms with Gasteiger partial charge >= 0.3 is 0 Å². The number of ether oxygens (including phenoxy) is 1. The molecule has 1 aromatic carbocycles. The van der Waals surface area contributed by atoms with Crippen molar-refractivity contribution in [3.05, 3.63) is 47.2 Å². The van der Waals surface area contributed by atoms with E-state index in [4.69, 9.17) is 9.26 Å². The molecule has 0 radical (unpaired) electrons. The van der Waals surface area contributed by atoms with Crippen LogP contribution in [0.2, 0.25) is 0 Å². The molecule has 1 N–H and O–H groups in total. The first-order chi connectivity index (χ1) is 11.6. The zero-order valence-corrected chi connectivity index (χ0v) is 13.6. The predicted octanol–water partition coefficient (Wildman–Crippen LogP) is 2.38. The van der Waals surface area contributed by atoms with Gasteiger partial charge in [0.15, 0.2) is 5.82 Å². The molecule has 1 saturated heterocycles. The molecule has 7 nitrogen and oxygen atoms in total. The summed E-state index contributed by atoms with van der Waals surface area (Å²) in [4.78, 5) is 22.2.